The summed E-state index contributed by atoms with van der Waals surface area (Å²) in [7, 11) is 0. The number of nitro groups is 1. The number of hydrogen-bond acceptors (Lipinski definition) is 7. The molecule has 20 heavy (non-hydrogen) atoms. The van der Waals surface area contributed by atoms with Gasteiger partial charge in [0.15, 0.2) is 0 Å². The smallest absolute Gasteiger partial charge is 0.305 e. The molecule has 2 atom stereocenters. The van der Waals surface area contributed by atoms with Crippen molar-refractivity contribution >= 4 is 11.6 Å². The Morgan fingerprint density at radius 3 is 3.05 bits per heavy atom. The first-order valence-electron chi connectivity index (χ1n) is 6.78. The van der Waals surface area contributed by atoms with Gasteiger partial charge in [0.2, 0.25) is 5.95 Å². The second kappa shape index (κ2) is 5.68. The van der Waals surface area contributed by atoms with E-state index in [1.807, 2.05) is 0 Å². The minimum atomic E-state index is -0.512. The van der Waals surface area contributed by atoms with Gasteiger partial charge < -0.3 is 10.1 Å². The van der Waals surface area contributed by atoms with Crippen molar-refractivity contribution in [2.45, 2.75) is 25.0 Å². The summed E-state index contributed by atoms with van der Waals surface area (Å²) in [5.41, 5.74) is -0.107. The highest BCUT2D eigenvalue weighted by molar-refractivity contribution is 5.30. The van der Waals surface area contributed by atoms with Gasteiger partial charge in [-0.05, 0) is 19.4 Å². The molecular weight excluding hydrogens is 262 g/mol. The summed E-state index contributed by atoms with van der Waals surface area (Å²) in [5, 5.41) is 13.6. The highest BCUT2D eigenvalue weighted by Crippen LogP contribution is 2.22. The van der Waals surface area contributed by atoms with Crippen LogP contribution in [-0.2, 0) is 4.74 Å². The van der Waals surface area contributed by atoms with Crippen molar-refractivity contribution < 1.29 is 9.66 Å². The molecule has 0 bridgehead atoms. The van der Waals surface area contributed by atoms with Gasteiger partial charge in [-0.25, -0.2) is 9.97 Å². The second-order valence-electron chi connectivity index (χ2n) is 5.15. The van der Waals surface area contributed by atoms with Crippen molar-refractivity contribution in [1.29, 1.82) is 0 Å². The molecule has 0 aliphatic carbocycles. The number of aromatic nitrogens is 2. The van der Waals surface area contributed by atoms with E-state index in [1.54, 1.807) is 0 Å². The quantitative estimate of drug-likeness (QED) is 0.639. The Balaban J connectivity index is 1.50. The molecule has 0 saturated carbocycles. The van der Waals surface area contributed by atoms with Gasteiger partial charge in [-0.1, -0.05) is 0 Å². The maximum absolute atomic E-state index is 10.5. The van der Waals surface area contributed by atoms with Crippen molar-refractivity contribution in [3.05, 3.63) is 22.5 Å². The molecule has 2 saturated heterocycles. The van der Waals surface area contributed by atoms with Crippen LogP contribution in [-0.4, -0.2) is 58.2 Å². The van der Waals surface area contributed by atoms with E-state index in [0.29, 0.717) is 18.5 Å². The highest BCUT2D eigenvalue weighted by atomic mass is 16.6. The number of anilines is 1. The molecule has 108 valence electrons. The molecule has 1 N–H and O–H groups in total. The van der Waals surface area contributed by atoms with Gasteiger partial charge in [-0.15, -0.1) is 0 Å². The van der Waals surface area contributed by atoms with Crippen molar-refractivity contribution in [3.8, 4) is 0 Å². The largest absolute Gasteiger partial charge is 0.373 e. The third kappa shape index (κ3) is 2.86. The van der Waals surface area contributed by atoms with Crippen molar-refractivity contribution in [1.82, 2.24) is 14.9 Å². The minimum absolute atomic E-state index is 0.107. The molecule has 0 aromatic carbocycles. The van der Waals surface area contributed by atoms with Crippen LogP contribution < -0.4 is 5.32 Å². The standard InChI is InChI=1S/C12H17N5O3/c18-17(19)10-4-13-12(14-5-10)15-6-11-7-16-3-1-2-9(16)8-20-11/h4-5,9,11H,1-3,6-8H2,(H,13,14,15). The van der Waals surface area contributed by atoms with Crippen LogP contribution in [0, 0.1) is 10.1 Å². The Kier molecular flexibility index (Phi) is 3.75. The summed E-state index contributed by atoms with van der Waals surface area (Å²) < 4.78 is 5.81. The van der Waals surface area contributed by atoms with E-state index in [9.17, 15) is 10.1 Å². The van der Waals surface area contributed by atoms with Crippen LogP contribution in [0.4, 0.5) is 11.6 Å². The first kappa shape index (κ1) is 13.2. The van der Waals surface area contributed by atoms with Crippen molar-refractivity contribution in [3.63, 3.8) is 0 Å². The van der Waals surface area contributed by atoms with E-state index in [0.717, 1.165) is 19.7 Å². The molecule has 2 aliphatic rings. The summed E-state index contributed by atoms with van der Waals surface area (Å²) in [6, 6.07) is 0.585. The minimum Gasteiger partial charge on any atom is -0.373 e. The molecule has 2 aliphatic heterocycles. The zero-order valence-corrected chi connectivity index (χ0v) is 11.1. The fraction of sp³-hybridized carbons (Fsp3) is 0.667. The lowest BCUT2D eigenvalue weighted by atomic mass is 10.2. The Morgan fingerprint density at radius 1 is 1.50 bits per heavy atom. The van der Waals surface area contributed by atoms with Gasteiger partial charge in [-0.3, -0.25) is 15.0 Å². The van der Waals surface area contributed by atoms with Crippen LogP contribution in [0.25, 0.3) is 0 Å². The van der Waals surface area contributed by atoms with Crippen LogP contribution in [0.15, 0.2) is 12.4 Å². The topological polar surface area (TPSA) is 93.4 Å². The Hall–Kier alpha value is -1.80. The summed E-state index contributed by atoms with van der Waals surface area (Å²) in [6.07, 6.45) is 5.00. The van der Waals surface area contributed by atoms with E-state index < -0.39 is 4.92 Å². The first-order chi connectivity index (χ1) is 9.72. The molecule has 8 heteroatoms. The van der Waals surface area contributed by atoms with E-state index in [1.165, 1.54) is 25.2 Å². The van der Waals surface area contributed by atoms with E-state index in [4.69, 9.17) is 4.74 Å². The third-order valence-corrected chi connectivity index (χ3v) is 3.80. The van der Waals surface area contributed by atoms with E-state index in [2.05, 4.69) is 20.2 Å². The Labute approximate surface area is 116 Å². The highest BCUT2D eigenvalue weighted by Gasteiger charge is 2.32. The summed E-state index contributed by atoms with van der Waals surface area (Å²) in [5.74, 6) is 0.391. The Morgan fingerprint density at radius 2 is 2.30 bits per heavy atom. The molecule has 2 unspecified atom stereocenters. The van der Waals surface area contributed by atoms with Crippen molar-refractivity contribution in [2.24, 2.45) is 0 Å². The van der Waals surface area contributed by atoms with E-state index in [-0.39, 0.29) is 11.8 Å². The maximum Gasteiger partial charge on any atom is 0.305 e. The van der Waals surface area contributed by atoms with Gasteiger partial charge in [-0.2, -0.15) is 0 Å². The number of nitrogens with zero attached hydrogens (tertiary/aromatic N) is 4. The van der Waals surface area contributed by atoms with Crippen LogP contribution in [0.1, 0.15) is 12.8 Å². The van der Waals surface area contributed by atoms with Gasteiger partial charge >= 0.3 is 5.69 Å². The van der Waals surface area contributed by atoms with Crippen LogP contribution in [0.2, 0.25) is 0 Å². The number of rotatable bonds is 4. The van der Waals surface area contributed by atoms with Gasteiger partial charge in [0.25, 0.3) is 0 Å². The molecule has 1 aromatic heterocycles. The number of nitrogens with one attached hydrogen (secondary N) is 1. The molecule has 3 heterocycles. The Bertz CT molecular complexity index is 480. The van der Waals surface area contributed by atoms with Gasteiger partial charge in [0.1, 0.15) is 12.4 Å². The molecule has 1 aromatic rings. The summed E-state index contributed by atoms with van der Waals surface area (Å²) in [6.45, 7) is 3.47. The zero-order chi connectivity index (χ0) is 13.9. The monoisotopic (exact) mass is 279 g/mol. The fourth-order valence-corrected chi connectivity index (χ4v) is 2.72. The number of fused-ring (bicyclic) bond motifs is 1. The lowest BCUT2D eigenvalue weighted by Crippen LogP contribution is -2.48. The molecular formula is C12H17N5O3. The fourth-order valence-electron chi connectivity index (χ4n) is 2.72. The summed E-state index contributed by atoms with van der Waals surface area (Å²) >= 11 is 0. The summed E-state index contributed by atoms with van der Waals surface area (Å²) in [4.78, 5) is 20.3. The first-order valence-corrected chi connectivity index (χ1v) is 6.78. The van der Waals surface area contributed by atoms with Crippen molar-refractivity contribution in [2.75, 3.05) is 31.6 Å². The second-order valence-corrected chi connectivity index (χ2v) is 5.15. The normalized spacial score (nSPS) is 26.2. The van der Waals surface area contributed by atoms with Gasteiger partial charge in [0.05, 0.1) is 17.6 Å². The zero-order valence-electron chi connectivity index (χ0n) is 11.1. The molecule has 0 radical (unpaired) electrons. The third-order valence-electron chi connectivity index (χ3n) is 3.80. The van der Waals surface area contributed by atoms with Crippen LogP contribution in [0.3, 0.4) is 0 Å². The average molecular weight is 279 g/mol. The van der Waals surface area contributed by atoms with Crippen LogP contribution in [0.5, 0.6) is 0 Å². The molecule has 0 amide bonds. The van der Waals surface area contributed by atoms with Crippen LogP contribution >= 0.6 is 0 Å². The predicted octanol–water partition coefficient (Wildman–Crippen LogP) is 0.660. The molecule has 8 nitrogen and oxygen atoms in total. The maximum atomic E-state index is 10.5. The number of morpholine rings is 1. The number of hydrogen-bond donors (Lipinski definition) is 1. The number of ether oxygens (including phenoxy) is 1. The van der Waals surface area contributed by atoms with Gasteiger partial charge in [0, 0.05) is 19.1 Å². The lowest BCUT2D eigenvalue weighted by molar-refractivity contribution is -0.385. The molecule has 2 fully saturated rings. The SMILES string of the molecule is O=[N+]([O-])c1cnc(NCC2CN3CCCC3CO2)nc1. The molecule has 3 rings (SSSR count). The predicted molar refractivity (Wildman–Crippen MR) is 71.5 cm³/mol. The molecule has 0 spiro atoms. The van der Waals surface area contributed by atoms with E-state index >= 15 is 0 Å². The average Bonchev–Trinajstić information content (AvgIpc) is 2.93. The lowest BCUT2D eigenvalue weighted by Gasteiger charge is -2.35.